The number of nitriles is 1. The molecule has 0 spiro atoms. The summed E-state index contributed by atoms with van der Waals surface area (Å²) in [6, 6.07) is 25.4. The first-order valence-electron chi connectivity index (χ1n) is 12.7. The number of rotatable bonds is 6. The molecular weight excluding hydrogens is 488 g/mol. The molecule has 0 bridgehead atoms. The molecule has 0 radical (unpaired) electrons. The van der Waals surface area contributed by atoms with E-state index in [9.17, 15) is 4.79 Å². The van der Waals surface area contributed by atoms with E-state index < -0.39 is 0 Å². The summed E-state index contributed by atoms with van der Waals surface area (Å²) in [6.45, 7) is 1.59. The molecule has 192 valence electrons. The Morgan fingerprint density at radius 2 is 1.79 bits per heavy atom. The highest BCUT2D eigenvalue weighted by atomic mass is 16.5. The van der Waals surface area contributed by atoms with Gasteiger partial charge < -0.3 is 18.8 Å². The van der Waals surface area contributed by atoms with Gasteiger partial charge in [-0.1, -0.05) is 42.5 Å². The summed E-state index contributed by atoms with van der Waals surface area (Å²) in [7, 11) is 1.65. The minimum Gasteiger partial charge on any atom is -0.496 e. The molecule has 2 aromatic heterocycles. The zero-order valence-corrected chi connectivity index (χ0v) is 21.5. The Bertz CT molecular complexity index is 1690. The molecule has 0 atom stereocenters. The maximum absolute atomic E-state index is 13.7. The van der Waals surface area contributed by atoms with Gasteiger partial charge in [-0.05, 0) is 41.5 Å². The second-order valence-electron chi connectivity index (χ2n) is 9.50. The van der Waals surface area contributed by atoms with Crippen LogP contribution in [0, 0.1) is 11.3 Å². The number of benzene rings is 3. The Hall–Kier alpha value is -5.16. The van der Waals surface area contributed by atoms with Gasteiger partial charge in [-0.3, -0.25) is 4.79 Å². The lowest BCUT2D eigenvalue weighted by Crippen LogP contribution is -2.32. The molecule has 5 aromatic rings. The lowest BCUT2D eigenvalue weighted by molar-refractivity contribution is -0.118. The quantitative estimate of drug-likeness (QED) is 0.324. The molecule has 39 heavy (non-hydrogen) atoms. The van der Waals surface area contributed by atoms with Gasteiger partial charge in [0.2, 0.25) is 5.91 Å². The maximum atomic E-state index is 13.7. The Morgan fingerprint density at radius 3 is 2.62 bits per heavy atom. The molecule has 1 aliphatic heterocycles. The van der Waals surface area contributed by atoms with Gasteiger partial charge in [0.05, 0.1) is 56.0 Å². The molecule has 0 aliphatic carbocycles. The molecule has 1 aliphatic rings. The Kier molecular flexibility index (Phi) is 6.39. The average Bonchev–Trinajstić information content (AvgIpc) is 3.54. The highest BCUT2D eigenvalue weighted by molar-refractivity contribution is 5.95. The number of ether oxygens (including phenoxy) is 1. The van der Waals surface area contributed by atoms with Crippen molar-refractivity contribution in [2.45, 2.75) is 26.1 Å². The zero-order valence-electron chi connectivity index (χ0n) is 21.5. The van der Waals surface area contributed by atoms with Crippen molar-refractivity contribution < 1.29 is 9.53 Å². The molecule has 0 saturated heterocycles. The number of nitrogens with zero attached hydrogens (tertiary/aromatic N) is 6. The fourth-order valence-corrected chi connectivity index (χ4v) is 4.97. The van der Waals surface area contributed by atoms with E-state index in [4.69, 9.17) is 15.0 Å². The fraction of sp³-hybridized carbons (Fsp3) is 0.161. The average molecular weight is 515 g/mol. The Morgan fingerprint density at radius 1 is 1.00 bits per heavy atom. The number of imidazole rings is 2. The number of fused-ring (bicyclic) bond motifs is 2. The lowest BCUT2D eigenvalue weighted by Gasteiger charge is -2.22. The third-order valence-corrected chi connectivity index (χ3v) is 6.93. The van der Waals surface area contributed by atoms with E-state index in [0.29, 0.717) is 30.9 Å². The van der Waals surface area contributed by atoms with Crippen LogP contribution in [-0.2, 0) is 30.8 Å². The number of carbonyl (C=O) groups is 1. The van der Waals surface area contributed by atoms with Crippen molar-refractivity contribution in [2.24, 2.45) is 0 Å². The van der Waals surface area contributed by atoms with E-state index in [0.717, 1.165) is 39.6 Å². The van der Waals surface area contributed by atoms with Crippen LogP contribution in [0.2, 0.25) is 0 Å². The first-order valence-corrected chi connectivity index (χ1v) is 12.7. The summed E-state index contributed by atoms with van der Waals surface area (Å²) in [4.78, 5) is 24.9. The topological polar surface area (TPSA) is 89.0 Å². The minimum atomic E-state index is -0.0404. The van der Waals surface area contributed by atoms with E-state index >= 15 is 0 Å². The van der Waals surface area contributed by atoms with Gasteiger partial charge in [-0.2, -0.15) is 5.26 Å². The van der Waals surface area contributed by atoms with Crippen LogP contribution in [0.3, 0.4) is 0 Å². The van der Waals surface area contributed by atoms with Crippen LogP contribution in [0.4, 0.5) is 5.69 Å². The van der Waals surface area contributed by atoms with E-state index in [1.165, 1.54) is 0 Å². The minimum absolute atomic E-state index is 0.0404. The van der Waals surface area contributed by atoms with Crippen molar-refractivity contribution in [3.05, 3.63) is 120 Å². The fourth-order valence-electron chi connectivity index (χ4n) is 4.97. The number of methoxy groups -OCH3 is 1. The molecule has 0 fully saturated rings. The van der Waals surface area contributed by atoms with Gasteiger partial charge in [0.25, 0.3) is 0 Å². The van der Waals surface area contributed by atoms with E-state index in [2.05, 4.69) is 21.7 Å². The highest BCUT2D eigenvalue weighted by Gasteiger charge is 2.26. The molecule has 8 heteroatoms. The molecule has 0 saturated carbocycles. The Balaban J connectivity index is 1.25. The van der Waals surface area contributed by atoms with Crippen molar-refractivity contribution in [3.8, 4) is 23.1 Å². The first-order chi connectivity index (χ1) is 19.1. The summed E-state index contributed by atoms with van der Waals surface area (Å²) in [5, 5.41) is 9.01. The molecular formula is C31H26N6O2. The van der Waals surface area contributed by atoms with Crippen LogP contribution < -0.4 is 9.64 Å². The van der Waals surface area contributed by atoms with Crippen molar-refractivity contribution in [1.82, 2.24) is 19.1 Å². The van der Waals surface area contributed by atoms with Crippen LogP contribution in [-0.4, -0.2) is 32.1 Å². The molecule has 1 amide bonds. The van der Waals surface area contributed by atoms with Gasteiger partial charge >= 0.3 is 0 Å². The third kappa shape index (κ3) is 4.90. The number of anilines is 1. The van der Waals surface area contributed by atoms with Gasteiger partial charge in [-0.25, -0.2) is 9.97 Å². The normalized spacial score (nSPS) is 12.3. The standard InChI is InChI=1S/C31H26N6O2/c1-39-29-9-5-3-7-26(29)27-19-36-17-24-6-2-4-8-28(24)37(20-30(36)34-27)31(38)14-25-18-35(21-33-25)16-23-12-10-22(15-32)11-13-23/h2-13,18-19,21H,14,16-17,20H2,1H3. The van der Waals surface area contributed by atoms with Crippen molar-refractivity contribution in [3.63, 3.8) is 0 Å². The molecule has 8 nitrogen and oxygen atoms in total. The number of carbonyl (C=O) groups excluding carboxylic acids is 1. The molecule has 6 rings (SSSR count). The van der Waals surface area contributed by atoms with Crippen molar-refractivity contribution >= 4 is 11.6 Å². The van der Waals surface area contributed by atoms with E-state index in [-0.39, 0.29) is 12.3 Å². The number of aromatic nitrogens is 4. The van der Waals surface area contributed by atoms with Crippen molar-refractivity contribution in [1.29, 1.82) is 5.26 Å². The van der Waals surface area contributed by atoms with Crippen LogP contribution in [0.25, 0.3) is 11.3 Å². The van der Waals surface area contributed by atoms with Crippen LogP contribution >= 0.6 is 0 Å². The predicted molar refractivity (Wildman–Crippen MR) is 147 cm³/mol. The summed E-state index contributed by atoms with van der Waals surface area (Å²) >= 11 is 0. The second kappa shape index (κ2) is 10.3. The number of amides is 1. The number of hydrogen-bond donors (Lipinski definition) is 0. The summed E-state index contributed by atoms with van der Waals surface area (Å²) < 4.78 is 9.61. The van der Waals surface area contributed by atoms with Gasteiger partial charge in [0.1, 0.15) is 11.6 Å². The molecule has 0 N–H and O–H groups in total. The third-order valence-electron chi connectivity index (χ3n) is 6.93. The zero-order chi connectivity index (χ0) is 26.8. The summed E-state index contributed by atoms with van der Waals surface area (Å²) in [6.07, 6.45) is 5.85. The summed E-state index contributed by atoms with van der Waals surface area (Å²) in [5.74, 6) is 1.53. The highest BCUT2D eigenvalue weighted by Crippen LogP contribution is 2.33. The SMILES string of the molecule is COc1ccccc1-c1cn2c(n1)CN(C(=O)Cc1cn(Cc3ccc(C#N)cc3)cn1)c1ccccc1C2. The van der Waals surface area contributed by atoms with E-state index in [1.807, 2.05) is 76.5 Å². The number of para-hydroxylation sites is 2. The van der Waals surface area contributed by atoms with Gasteiger partial charge in [0, 0.05) is 30.2 Å². The van der Waals surface area contributed by atoms with E-state index in [1.54, 1.807) is 25.6 Å². The van der Waals surface area contributed by atoms with Gasteiger partial charge in [0.15, 0.2) is 0 Å². The first kappa shape index (κ1) is 24.2. The maximum Gasteiger partial charge on any atom is 0.233 e. The van der Waals surface area contributed by atoms with Crippen LogP contribution in [0.15, 0.2) is 91.5 Å². The lowest BCUT2D eigenvalue weighted by atomic mass is 10.1. The summed E-state index contributed by atoms with van der Waals surface area (Å²) in [5.41, 5.74) is 6.07. The number of hydrogen-bond acceptors (Lipinski definition) is 5. The Labute approximate surface area is 226 Å². The van der Waals surface area contributed by atoms with Crippen LogP contribution in [0.5, 0.6) is 5.75 Å². The predicted octanol–water partition coefficient (Wildman–Crippen LogP) is 4.81. The van der Waals surface area contributed by atoms with Gasteiger partial charge in [-0.15, -0.1) is 0 Å². The molecule has 0 unspecified atom stereocenters. The molecule has 3 aromatic carbocycles. The van der Waals surface area contributed by atoms with Crippen molar-refractivity contribution in [2.75, 3.05) is 12.0 Å². The smallest absolute Gasteiger partial charge is 0.233 e. The van der Waals surface area contributed by atoms with Crippen LogP contribution in [0.1, 0.15) is 28.2 Å². The second-order valence-corrected chi connectivity index (χ2v) is 9.50. The monoisotopic (exact) mass is 514 g/mol. The molecule has 3 heterocycles. The largest absolute Gasteiger partial charge is 0.496 e.